The second-order valence-electron chi connectivity index (χ2n) is 3.26. The van der Waals surface area contributed by atoms with Crippen molar-refractivity contribution in [2.45, 2.75) is 27.2 Å². The molecule has 0 aromatic carbocycles. The molecule has 0 saturated carbocycles. The molecule has 0 rings (SSSR count). The third-order valence-electron chi connectivity index (χ3n) is 1.83. The summed E-state index contributed by atoms with van der Waals surface area (Å²) in [4.78, 5) is 33.7. The smallest absolute Gasteiger partial charge is 0.310 e. The standard InChI is InChI=1S/C11H18O5S/c1-4-15-10(13)6-9(7-17-8(3)12)11(14)16-5-2/h9H,4-7H2,1-3H3. The van der Waals surface area contributed by atoms with Gasteiger partial charge in [0.1, 0.15) is 0 Å². The van der Waals surface area contributed by atoms with Crippen LogP contribution in [0.25, 0.3) is 0 Å². The number of carbonyl (C=O) groups excluding carboxylic acids is 3. The van der Waals surface area contributed by atoms with Gasteiger partial charge >= 0.3 is 11.9 Å². The summed E-state index contributed by atoms with van der Waals surface area (Å²) in [6, 6.07) is 0. The molecule has 0 heterocycles. The van der Waals surface area contributed by atoms with Gasteiger partial charge in [-0.05, 0) is 13.8 Å². The van der Waals surface area contributed by atoms with Gasteiger partial charge in [-0.3, -0.25) is 14.4 Å². The van der Waals surface area contributed by atoms with Crippen LogP contribution in [0.1, 0.15) is 27.2 Å². The molecule has 0 aliphatic carbocycles. The topological polar surface area (TPSA) is 69.7 Å². The highest BCUT2D eigenvalue weighted by Gasteiger charge is 2.24. The Morgan fingerprint density at radius 3 is 2.18 bits per heavy atom. The summed E-state index contributed by atoms with van der Waals surface area (Å²) >= 11 is 1.01. The van der Waals surface area contributed by atoms with Gasteiger partial charge in [-0.15, -0.1) is 0 Å². The molecule has 5 nitrogen and oxygen atoms in total. The Balaban J connectivity index is 4.33. The quantitative estimate of drug-likeness (QED) is 0.646. The average Bonchev–Trinajstić information content (AvgIpc) is 2.24. The highest BCUT2D eigenvalue weighted by Crippen LogP contribution is 2.15. The van der Waals surface area contributed by atoms with Crippen LogP contribution in [-0.2, 0) is 23.9 Å². The maximum Gasteiger partial charge on any atom is 0.310 e. The van der Waals surface area contributed by atoms with Crippen molar-refractivity contribution in [3.05, 3.63) is 0 Å². The van der Waals surface area contributed by atoms with Gasteiger partial charge < -0.3 is 9.47 Å². The second kappa shape index (κ2) is 9.04. The predicted octanol–water partition coefficient (Wildman–Crippen LogP) is 1.40. The number of thioether (sulfide) groups is 1. The van der Waals surface area contributed by atoms with Gasteiger partial charge in [-0.25, -0.2) is 0 Å². The van der Waals surface area contributed by atoms with Crippen LogP contribution in [0.4, 0.5) is 0 Å². The molecule has 0 aromatic heterocycles. The Kier molecular flexibility index (Phi) is 8.49. The van der Waals surface area contributed by atoms with E-state index in [1.54, 1.807) is 13.8 Å². The van der Waals surface area contributed by atoms with Crippen LogP contribution in [0, 0.1) is 5.92 Å². The van der Waals surface area contributed by atoms with Crippen LogP contribution in [0.3, 0.4) is 0 Å². The molecule has 0 aromatic rings. The molecule has 0 fully saturated rings. The Hall–Kier alpha value is -1.04. The van der Waals surface area contributed by atoms with E-state index in [0.717, 1.165) is 11.8 Å². The number of carbonyl (C=O) groups is 3. The molecule has 0 amide bonds. The van der Waals surface area contributed by atoms with Crippen molar-refractivity contribution >= 4 is 28.8 Å². The second-order valence-corrected chi connectivity index (χ2v) is 4.46. The first-order valence-corrected chi connectivity index (χ1v) is 6.45. The van der Waals surface area contributed by atoms with Crippen LogP contribution >= 0.6 is 11.8 Å². The zero-order chi connectivity index (χ0) is 13.3. The number of esters is 2. The molecule has 0 bridgehead atoms. The molecule has 1 unspecified atom stereocenters. The lowest BCUT2D eigenvalue weighted by atomic mass is 10.1. The molecule has 0 saturated heterocycles. The Labute approximate surface area is 105 Å². The molecule has 0 aliphatic rings. The normalized spacial score (nSPS) is 11.7. The van der Waals surface area contributed by atoms with E-state index in [9.17, 15) is 14.4 Å². The Morgan fingerprint density at radius 2 is 1.71 bits per heavy atom. The van der Waals surface area contributed by atoms with Crippen molar-refractivity contribution in [1.82, 2.24) is 0 Å². The van der Waals surface area contributed by atoms with Crippen molar-refractivity contribution in [2.24, 2.45) is 5.92 Å². The van der Waals surface area contributed by atoms with E-state index in [4.69, 9.17) is 9.47 Å². The highest BCUT2D eigenvalue weighted by atomic mass is 32.2. The lowest BCUT2D eigenvalue weighted by Crippen LogP contribution is -2.24. The first-order valence-electron chi connectivity index (χ1n) is 5.46. The van der Waals surface area contributed by atoms with E-state index < -0.39 is 17.9 Å². The van der Waals surface area contributed by atoms with Crippen LogP contribution < -0.4 is 0 Å². The van der Waals surface area contributed by atoms with E-state index in [1.807, 2.05) is 0 Å². The van der Waals surface area contributed by atoms with Crippen molar-refractivity contribution in [1.29, 1.82) is 0 Å². The van der Waals surface area contributed by atoms with Crippen molar-refractivity contribution < 1.29 is 23.9 Å². The Morgan fingerprint density at radius 1 is 1.12 bits per heavy atom. The van der Waals surface area contributed by atoms with E-state index in [0.29, 0.717) is 0 Å². The number of hydrogen-bond acceptors (Lipinski definition) is 6. The summed E-state index contributed by atoms with van der Waals surface area (Å²) < 4.78 is 9.61. The summed E-state index contributed by atoms with van der Waals surface area (Å²) in [5.41, 5.74) is 0. The molecule has 0 N–H and O–H groups in total. The monoisotopic (exact) mass is 262 g/mol. The first-order chi connectivity index (χ1) is 8.01. The average molecular weight is 262 g/mol. The van der Waals surface area contributed by atoms with Gasteiger partial charge in [0, 0.05) is 12.7 Å². The van der Waals surface area contributed by atoms with Gasteiger partial charge in [0.25, 0.3) is 0 Å². The van der Waals surface area contributed by atoms with Crippen LogP contribution in [-0.4, -0.2) is 36.0 Å². The fourth-order valence-electron chi connectivity index (χ4n) is 1.11. The minimum Gasteiger partial charge on any atom is -0.466 e. The fourth-order valence-corrected chi connectivity index (χ4v) is 1.80. The van der Waals surface area contributed by atoms with Gasteiger partial charge in [0.05, 0.1) is 25.6 Å². The fraction of sp³-hybridized carbons (Fsp3) is 0.727. The third-order valence-corrected chi connectivity index (χ3v) is 2.80. The van der Waals surface area contributed by atoms with Crippen molar-refractivity contribution in [3.63, 3.8) is 0 Å². The van der Waals surface area contributed by atoms with Gasteiger partial charge in [-0.1, -0.05) is 11.8 Å². The summed E-state index contributed by atoms with van der Waals surface area (Å²) in [5.74, 6) is -1.29. The zero-order valence-electron chi connectivity index (χ0n) is 10.4. The molecule has 0 aliphatic heterocycles. The Bertz CT molecular complexity index is 277. The number of rotatable bonds is 7. The summed E-state index contributed by atoms with van der Waals surface area (Å²) in [6.07, 6.45) is -0.0487. The van der Waals surface area contributed by atoms with Gasteiger partial charge in [0.15, 0.2) is 5.12 Å². The maximum absolute atomic E-state index is 11.5. The maximum atomic E-state index is 11.5. The van der Waals surface area contributed by atoms with Gasteiger partial charge in [0.2, 0.25) is 0 Å². The summed E-state index contributed by atoms with van der Waals surface area (Å²) in [5, 5.41) is -0.0943. The third kappa shape index (κ3) is 7.79. The summed E-state index contributed by atoms with van der Waals surface area (Å²) in [7, 11) is 0. The predicted molar refractivity (Wildman–Crippen MR) is 64.5 cm³/mol. The van der Waals surface area contributed by atoms with E-state index in [-0.39, 0.29) is 30.5 Å². The zero-order valence-corrected chi connectivity index (χ0v) is 11.2. The largest absolute Gasteiger partial charge is 0.466 e. The summed E-state index contributed by atoms with van der Waals surface area (Å²) in [6.45, 7) is 5.33. The number of ether oxygens (including phenoxy) is 2. The highest BCUT2D eigenvalue weighted by molar-refractivity contribution is 8.13. The SMILES string of the molecule is CCOC(=O)CC(CSC(C)=O)C(=O)OCC. The van der Waals surface area contributed by atoms with Crippen LogP contribution in [0.5, 0.6) is 0 Å². The molecular formula is C11H18O5S. The molecule has 0 spiro atoms. The molecule has 1 atom stereocenters. The van der Waals surface area contributed by atoms with E-state index in [2.05, 4.69) is 0 Å². The molecule has 17 heavy (non-hydrogen) atoms. The molecule has 0 radical (unpaired) electrons. The van der Waals surface area contributed by atoms with Gasteiger partial charge in [-0.2, -0.15) is 0 Å². The molecule has 6 heteroatoms. The minimum absolute atomic E-state index is 0.0487. The van der Waals surface area contributed by atoms with Crippen molar-refractivity contribution in [3.8, 4) is 0 Å². The van der Waals surface area contributed by atoms with E-state index >= 15 is 0 Å². The minimum atomic E-state index is -0.622. The molecular weight excluding hydrogens is 244 g/mol. The van der Waals surface area contributed by atoms with Crippen LogP contribution in [0.15, 0.2) is 0 Å². The lowest BCUT2D eigenvalue weighted by molar-refractivity contribution is -0.153. The number of hydrogen-bond donors (Lipinski definition) is 0. The first kappa shape index (κ1) is 16.0. The van der Waals surface area contributed by atoms with Crippen molar-refractivity contribution in [2.75, 3.05) is 19.0 Å². The van der Waals surface area contributed by atoms with Crippen LogP contribution in [0.2, 0.25) is 0 Å². The van der Waals surface area contributed by atoms with E-state index in [1.165, 1.54) is 6.92 Å². The molecule has 98 valence electrons. The lowest BCUT2D eigenvalue weighted by Gasteiger charge is -2.13.